The molecule has 2 aromatic rings. The fourth-order valence-corrected chi connectivity index (χ4v) is 7.47. The van der Waals surface area contributed by atoms with Gasteiger partial charge in [0.1, 0.15) is 36.5 Å². The van der Waals surface area contributed by atoms with Gasteiger partial charge in [0.25, 0.3) is 0 Å². The zero-order valence-electron chi connectivity index (χ0n) is 21.2. The Morgan fingerprint density at radius 2 is 1.51 bits per heavy atom. The summed E-state index contributed by atoms with van der Waals surface area (Å²) in [6.07, 6.45) is -1.65. The summed E-state index contributed by atoms with van der Waals surface area (Å²) in [5, 5.41) is 2.23. The van der Waals surface area contributed by atoms with Crippen LogP contribution in [0.3, 0.4) is 0 Å². The molecule has 5 atom stereocenters. The fourth-order valence-electron chi connectivity index (χ4n) is 4.25. The summed E-state index contributed by atoms with van der Waals surface area (Å²) >= 11 is 1.69. The molecule has 0 amide bonds. The average Bonchev–Trinajstić information content (AvgIpc) is 3.12. The topological polar surface area (TPSA) is 63.2 Å². The predicted octanol–water partition coefficient (Wildman–Crippen LogP) is 4.76. The van der Waals surface area contributed by atoms with Crippen LogP contribution in [0.15, 0.2) is 60.7 Å². The van der Waals surface area contributed by atoms with Crippen LogP contribution in [0.5, 0.6) is 0 Å². The maximum absolute atomic E-state index is 11.6. The van der Waals surface area contributed by atoms with Crippen molar-refractivity contribution in [2.24, 2.45) is 0 Å². The van der Waals surface area contributed by atoms with Gasteiger partial charge in [-0.05, 0) is 13.8 Å². The maximum atomic E-state index is 11.6. The normalized spacial score (nSPS) is 28.0. The molecule has 2 heterocycles. The first-order chi connectivity index (χ1) is 16.5. The Hall–Kier alpha value is -1.47. The van der Waals surface area contributed by atoms with E-state index in [1.165, 1.54) is 6.92 Å². The molecule has 2 aliphatic rings. The first-order valence-electron chi connectivity index (χ1n) is 11.9. The third kappa shape index (κ3) is 6.85. The highest BCUT2D eigenvalue weighted by Gasteiger charge is 2.57. The summed E-state index contributed by atoms with van der Waals surface area (Å²) in [6.45, 7) is 11.8. The maximum Gasteiger partial charge on any atom is 0.302 e. The van der Waals surface area contributed by atoms with Gasteiger partial charge >= 0.3 is 5.97 Å². The van der Waals surface area contributed by atoms with Crippen molar-refractivity contribution in [1.29, 1.82) is 0 Å². The van der Waals surface area contributed by atoms with Crippen LogP contribution in [-0.4, -0.2) is 53.0 Å². The molecule has 2 fully saturated rings. The van der Waals surface area contributed by atoms with E-state index in [9.17, 15) is 4.79 Å². The monoisotopic (exact) mass is 518 g/mol. The Morgan fingerprint density at radius 1 is 0.971 bits per heavy atom. The third-order valence-corrected chi connectivity index (χ3v) is 8.87. The Labute approximate surface area is 213 Å². The molecule has 2 aromatic carbocycles. The Kier molecular flexibility index (Phi) is 8.26. The van der Waals surface area contributed by atoms with Gasteiger partial charge in [-0.1, -0.05) is 81.4 Å². The molecule has 6 nitrogen and oxygen atoms in total. The molecule has 4 rings (SSSR count). The van der Waals surface area contributed by atoms with E-state index in [4.69, 9.17) is 23.5 Å². The van der Waals surface area contributed by atoms with Crippen LogP contribution in [0.2, 0.25) is 0 Å². The number of hydrogen-bond donors (Lipinski definition) is 0. The number of hydrogen-bond acceptors (Lipinski definition) is 7. The SMILES string of the molecule is CC(=O)OC[C@H]1O[C@H](SC(C)(C)C)[C@H](OP(c2ccccc2)c2ccccc2)C2OC(C)(C)OC21. The molecule has 2 aliphatic heterocycles. The van der Waals surface area contributed by atoms with Gasteiger partial charge in [-0.25, -0.2) is 0 Å². The lowest BCUT2D eigenvalue weighted by Crippen LogP contribution is -2.58. The van der Waals surface area contributed by atoms with Gasteiger partial charge in [0.05, 0.1) is 8.15 Å². The second-order valence-corrected chi connectivity index (χ2v) is 13.9. The van der Waals surface area contributed by atoms with Gasteiger partial charge < -0.3 is 23.5 Å². The van der Waals surface area contributed by atoms with Gasteiger partial charge in [-0.15, -0.1) is 11.8 Å². The largest absolute Gasteiger partial charge is 0.463 e. The summed E-state index contributed by atoms with van der Waals surface area (Å²) in [6, 6.07) is 20.6. The van der Waals surface area contributed by atoms with Crippen LogP contribution in [0.25, 0.3) is 0 Å². The molecule has 0 spiro atoms. The quantitative estimate of drug-likeness (QED) is 0.387. The van der Waals surface area contributed by atoms with E-state index in [0.29, 0.717) is 0 Å². The standard InChI is InChI=1S/C27H35O6PS/c1-18(28)29-17-21-22-23(32-27(5,6)31-22)24(25(30-21)35-26(2,3)4)33-34(19-13-9-7-10-14-19)20-15-11-8-12-16-20/h7-16,21-25H,17H2,1-6H3/t21-,22?,23?,24-,25-/m1/s1. The van der Waals surface area contributed by atoms with Gasteiger partial charge in [0, 0.05) is 22.3 Å². The van der Waals surface area contributed by atoms with Crippen LogP contribution in [-0.2, 0) is 28.3 Å². The molecule has 0 aliphatic carbocycles. The van der Waals surface area contributed by atoms with Gasteiger partial charge in [0.15, 0.2) is 5.79 Å². The smallest absolute Gasteiger partial charge is 0.302 e. The molecule has 2 saturated heterocycles. The fraction of sp³-hybridized carbons (Fsp3) is 0.519. The van der Waals surface area contributed by atoms with Gasteiger partial charge in [-0.3, -0.25) is 4.79 Å². The minimum absolute atomic E-state index is 0.0949. The van der Waals surface area contributed by atoms with Crippen molar-refractivity contribution in [3.8, 4) is 0 Å². The number of esters is 1. The summed E-state index contributed by atoms with van der Waals surface area (Å²) in [7, 11) is -1.14. The number of thioether (sulfide) groups is 1. The van der Waals surface area contributed by atoms with E-state index in [1.54, 1.807) is 11.8 Å². The number of benzene rings is 2. The van der Waals surface area contributed by atoms with Gasteiger partial charge in [0.2, 0.25) is 0 Å². The van der Waals surface area contributed by atoms with Crippen molar-refractivity contribution in [3.05, 3.63) is 60.7 Å². The first-order valence-corrected chi connectivity index (χ1v) is 14.1. The van der Waals surface area contributed by atoms with Crippen LogP contribution in [0.1, 0.15) is 41.5 Å². The summed E-state index contributed by atoms with van der Waals surface area (Å²) in [5.41, 5.74) is -0.341. The number of rotatable bonds is 7. The summed E-state index contributed by atoms with van der Waals surface area (Å²) < 4.78 is 31.6. The highest BCUT2D eigenvalue weighted by molar-refractivity contribution is 8.01. The Morgan fingerprint density at radius 3 is 2.03 bits per heavy atom. The highest BCUT2D eigenvalue weighted by Crippen LogP contribution is 2.48. The Bertz CT molecular complexity index is 941. The van der Waals surface area contributed by atoms with Crippen molar-refractivity contribution >= 4 is 36.5 Å². The van der Waals surface area contributed by atoms with Crippen molar-refractivity contribution in [2.45, 2.75) is 81.9 Å². The molecule has 0 N–H and O–H groups in total. The average molecular weight is 519 g/mol. The number of fused-ring (bicyclic) bond motifs is 1. The minimum Gasteiger partial charge on any atom is -0.463 e. The summed E-state index contributed by atoms with van der Waals surface area (Å²) in [5.74, 6) is -1.16. The van der Waals surface area contributed by atoms with E-state index in [2.05, 4.69) is 45.0 Å². The molecule has 0 saturated carbocycles. The second kappa shape index (κ2) is 10.9. The van der Waals surface area contributed by atoms with E-state index in [1.807, 2.05) is 50.2 Å². The molecular weight excluding hydrogens is 483 g/mol. The van der Waals surface area contributed by atoms with E-state index in [-0.39, 0.29) is 28.9 Å². The highest BCUT2D eigenvalue weighted by atomic mass is 32.2. The van der Waals surface area contributed by atoms with Crippen LogP contribution in [0, 0.1) is 0 Å². The molecule has 8 heteroatoms. The summed E-state index contributed by atoms with van der Waals surface area (Å²) in [4.78, 5) is 11.6. The number of carbonyl (C=O) groups is 1. The molecule has 35 heavy (non-hydrogen) atoms. The zero-order valence-corrected chi connectivity index (χ0v) is 22.9. The van der Waals surface area contributed by atoms with E-state index < -0.39 is 32.2 Å². The lowest BCUT2D eigenvalue weighted by Gasteiger charge is -2.44. The lowest BCUT2D eigenvalue weighted by atomic mass is 10.0. The van der Waals surface area contributed by atoms with E-state index >= 15 is 0 Å². The molecule has 190 valence electrons. The molecule has 0 aromatic heterocycles. The molecule has 2 unspecified atom stereocenters. The number of ether oxygens (including phenoxy) is 4. The van der Waals surface area contributed by atoms with Crippen LogP contribution in [0.4, 0.5) is 0 Å². The van der Waals surface area contributed by atoms with Crippen molar-refractivity contribution in [1.82, 2.24) is 0 Å². The van der Waals surface area contributed by atoms with Gasteiger partial charge in [-0.2, -0.15) is 0 Å². The van der Waals surface area contributed by atoms with E-state index in [0.717, 1.165) is 10.6 Å². The third-order valence-electron chi connectivity index (χ3n) is 5.56. The minimum atomic E-state index is -1.14. The Balaban J connectivity index is 1.71. The molecule has 0 radical (unpaired) electrons. The first kappa shape index (κ1) is 26.6. The zero-order chi connectivity index (χ0) is 25.2. The van der Waals surface area contributed by atoms with Crippen molar-refractivity contribution in [3.63, 3.8) is 0 Å². The molecular formula is C27H35O6PS. The van der Waals surface area contributed by atoms with Crippen LogP contribution >= 0.6 is 19.9 Å². The molecule has 0 bridgehead atoms. The van der Waals surface area contributed by atoms with Crippen molar-refractivity contribution < 1.29 is 28.3 Å². The predicted molar refractivity (Wildman–Crippen MR) is 140 cm³/mol. The number of carbonyl (C=O) groups excluding carboxylic acids is 1. The van der Waals surface area contributed by atoms with Crippen LogP contribution < -0.4 is 10.6 Å². The lowest BCUT2D eigenvalue weighted by molar-refractivity contribution is -0.175. The van der Waals surface area contributed by atoms with Crippen molar-refractivity contribution in [2.75, 3.05) is 6.61 Å². The second-order valence-electron chi connectivity index (χ2n) is 10.2.